The van der Waals surface area contributed by atoms with E-state index in [-0.39, 0.29) is 21.9 Å². The Balaban J connectivity index is 1.35. The highest BCUT2D eigenvalue weighted by atomic mass is 32.1. The van der Waals surface area contributed by atoms with Gasteiger partial charge in [0.1, 0.15) is 32.9 Å². The van der Waals surface area contributed by atoms with E-state index in [9.17, 15) is 10.1 Å². The SMILES string of the molecule is N#Cc1c(N)nc2sc(C(=O)Nc3nc(-c4ccc5ccccc5c4)cs3)c(N)c2c1-c1ccco1. The lowest BCUT2D eigenvalue weighted by Gasteiger charge is -2.06. The van der Waals surface area contributed by atoms with Crippen molar-refractivity contribution in [1.29, 1.82) is 5.26 Å². The summed E-state index contributed by atoms with van der Waals surface area (Å²) in [6.45, 7) is 0. The molecule has 0 spiro atoms. The standard InChI is InChI=1S/C26H16N6O2S2/c27-11-16-19(18-6-3-9-34-18)20-21(28)22(36-25(20)31-23(16)29)24(33)32-26-30-17(12-35-26)15-8-7-13-4-1-2-5-14(13)10-15/h1-10,12H,28H2,(H2,29,31)(H,30,32,33). The summed E-state index contributed by atoms with van der Waals surface area (Å²) in [5.74, 6) is 0.0454. The van der Waals surface area contributed by atoms with Crippen molar-refractivity contribution in [3.63, 3.8) is 0 Å². The minimum atomic E-state index is -0.419. The number of fused-ring (bicyclic) bond motifs is 2. The van der Waals surface area contributed by atoms with Gasteiger partial charge in [0, 0.05) is 16.3 Å². The van der Waals surface area contributed by atoms with E-state index in [4.69, 9.17) is 15.9 Å². The Morgan fingerprint density at radius 3 is 2.67 bits per heavy atom. The monoisotopic (exact) mass is 508 g/mol. The van der Waals surface area contributed by atoms with Crippen LogP contribution >= 0.6 is 22.7 Å². The third kappa shape index (κ3) is 3.54. The summed E-state index contributed by atoms with van der Waals surface area (Å²) in [4.78, 5) is 22.8. The van der Waals surface area contributed by atoms with Gasteiger partial charge >= 0.3 is 0 Å². The summed E-state index contributed by atoms with van der Waals surface area (Å²) in [7, 11) is 0. The third-order valence-electron chi connectivity index (χ3n) is 5.76. The Labute approximate surface area is 212 Å². The van der Waals surface area contributed by atoms with Gasteiger partial charge in [0.05, 0.1) is 23.2 Å². The second-order valence-electron chi connectivity index (χ2n) is 7.92. The van der Waals surface area contributed by atoms with Gasteiger partial charge in [-0.15, -0.1) is 22.7 Å². The number of thiazole rings is 1. The van der Waals surface area contributed by atoms with Gasteiger partial charge in [-0.2, -0.15) is 5.26 Å². The number of carbonyl (C=O) groups excluding carboxylic acids is 1. The van der Waals surface area contributed by atoms with Crippen molar-refractivity contribution in [2.24, 2.45) is 0 Å². The maximum atomic E-state index is 13.2. The fraction of sp³-hybridized carbons (Fsp3) is 0. The first-order valence-corrected chi connectivity index (χ1v) is 12.4. The van der Waals surface area contributed by atoms with Gasteiger partial charge in [-0.1, -0.05) is 36.4 Å². The van der Waals surface area contributed by atoms with Crippen LogP contribution in [-0.4, -0.2) is 15.9 Å². The van der Waals surface area contributed by atoms with Gasteiger partial charge in [0.25, 0.3) is 5.91 Å². The van der Waals surface area contributed by atoms with Crippen LogP contribution in [0.15, 0.2) is 70.7 Å². The number of rotatable bonds is 4. The lowest BCUT2D eigenvalue weighted by molar-refractivity contribution is 0.103. The number of carbonyl (C=O) groups is 1. The molecule has 0 atom stereocenters. The van der Waals surface area contributed by atoms with Gasteiger partial charge < -0.3 is 15.9 Å². The molecule has 6 aromatic rings. The number of thiophene rings is 1. The third-order valence-corrected chi connectivity index (χ3v) is 7.62. The molecule has 0 saturated heterocycles. The van der Waals surface area contributed by atoms with Crippen molar-refractivity contribution in [1.82, 2.24) is 9.97 Å². The van der Waals surface area contributed by atoms with Crippen molar-refractivity contribution in [2.75, 3.05) is 16.8 Å². The summed E-state index contributed by atoms with van der Waals surface area (Å²) < 4.78 is 5.52. The highest BCUT2D eigenvalue weighted by Crippen LogP contribution is 2.43. The number of furan rings is 1. The Kier molecular flexibility index (Phi) is 5.14. The molecule has 0 aliphatic heterocycles. The van der Waals surface area contributed by atoms with Crippen molar-refractivity contribution in [3.05, 3.63) is 76.7 Å². The molecule has 4 aromatic heterocycles. The lowest BCUT2D eigenvalue weighted by atomic mass is 10.0. The molecule has 2 aromatic carbocycles. The summed E-state index contributed by atoms with van der Waals surface area (Å²) in [6.07, 6.45) is 1.49. The molecular formula is C26H16N6O2S2. The molecule has 8 nitrogen and oxygen atoms in total. The van der Waals surface area contributed by atoms with E-state index in [1.54, 1.807) is 12.1 Å². The molecule has 0 bridgehead atoms. The minimum absolute atomic E-state index is 0.0459. The number of hydrogen-bond donors (Lipinski definition) is 3. The number of nitrogens with zero attached hydrogens (tertiary/aromatic N) is 3. The van der Waals surface area contributed by atoms with Crippen molar-refractivity contribution in [3.8, 4) is 28.7 Å². The number of nitrogen functional groups attached to an aromatic ring is 2. The number of amides is 1. The number of benzene rings is 2. The molecule has 0 aliphatic carbocycles. The number of hydrogen-bond acceptors (Lipinski definition) is 9. The highest BCUT2D eigenvalue weighted by Gasteiger charge is 2.25. The number of pyridine rings is 1. The van der Waals surface area contributed by atoms with Gasteiger partial charge in [0.2, 0.25) is 0 Å². The smallest absolute Gasteiger partial charge is 0.269 e. The number of nitrogens with one attached hydrogen (secondary N) is 1. The minimum Gasteiger partial charge on any atom is -0.464 e. The Morgan fingerprint density at radius 1 is 1.06 bits per heavy atom. The number of aromatic nitrogens is 2. The Hall–Kier alpha value is -4.72. The van der Waals surface area contributed by atoms with E-state index in [1.165, 1.54) is 17.6 Å². The topological polar surface area (TPSA) is 144 Å². The molecule has 0 fully saturated rings. The Bertz CT molecular complexity index is 1830. The van der Waals surface area contributed by atoms with Crippen LogP contribution in [0.5, 0.6) is 0 Å². The van der Waals surface area contributed by atoms with Crippen LogP contribution in [0.25, 0.3) is 43.6 Å². The van der Waals surface area contributed by atoms with Gasteiger partial charge in [-0.3, -0.25) is 10.1 Å². The number of nitrogens with two attached hydrogens (primary N) is 2. The molecule has 0 radical (unpaired) electrons. The van der Waals surface area contributed by atoms with Gasteiger partial charge in [-0.05, 0) is 29.0 Å². The van der Waals surface area contributed by atoms with E-state index in [2.05, 4.69) is 33.5 Å². The zero-order valence-electron chi connectivity index (χ0n) is 18.5. The van der Waals surface area contributed by atoms with Crippen LogP contribution < -0.4 is 16.8 Å². The number of anilines is 3. The average molecular weight is 509 g/mol. The summed E-state index contributed by atoms with van der Waals surface area (Å²) in [6, 6.07) is 19.7. The molecule has 36 heavy (non-hydrogen) atoms. The molecule has 4 heterocycles. The van der Waals surface area contributed by atoms with Crippen LogP contribution in [0.3, 0.4) is 0 Å². The van der Waals surface area contributed by atoms with Crippen molar-refractivity contribution >= 4 is 66.2 Å². The van der Waals surface area contributed by atoms with E-state index in [0.717, 1.165) is 33.4 Å². The molecule has 10 heteroatoms. The molecule has 6 rings (SSSR count). The first kappa shape index (κ1) is 21.8. The highest BCUT2D eigenvalue weighted by molar-refractivity contribution is 7.21. The number of nitriles is 1. The van der Waals surface area contributed by atoms with Crippen molar-refractivity contribution < 1.29 is 9.21 Å². The molecule has 0 aliphatic rings. The second kappa shape index (κ2) is 8.49. The summed E-state index contributed by atoms with van der Waals surface area (Å²) in [5.41, 5.74) is 15.0. The van der Waals surface area contributed by atoms with Crippen LogP contribution in [-0.2, 0) is 0 Å². The first-order valence-electron chi connectivity index (χ1n) is 10.7. The van der Waals surface area contributed by atoms with Gasteiger partial charge in [0.15, 0.2) is 5.13 Å². The second-order valence-corrected chi connectivity index (χ2v) is 9.77. The maximum Gasteiger partial charge on any atom is 0.269 e. The van der Waals surface area contributed by atoms with Crippen LogP contribution in [0.2, 0.25) is 0 Å². The van der Waals surface area contributed by atoms with Crippen LogP contribution in [0, 0.1) is 11.3 Å². The van der Waals surface area contributed by atoms with Crippen molar-refractivity contribution in [2.45, 2.75) is 0 Å². The zero-order valence-corrected chi connectivity index (χ0v) is 20.1. The normalized spacial score (nSPS) is 11.1. The predicted octanol–water partition coefficient (Wildman–Crippen LogP) is 6.12. The van der Waals surface area contributed by atoms with Crippen LogP contribution in [0.4, 0.5) is 16.6 Å². The summed E-state index contributed by atoms with van der Waals surface area (Å²) >= 11 is 2.42. The largest absolute Gasteiger partial charge is 0.464 e. The molecule has 5 N–H and O–H groups in total. The molecule has 174 valence electrons. The quantitative estimate of drug-likeness (QED) is 0.260. The predicted molar refractivity (Wildman–Crippen MR) is 144 cm³/mol. The molecular weight excluding hydrogens is 492 g/mol. The van der Waals surface area contributed by atoms with E-state index in [1.807, 2.05) is 35.7 Å². The van der Waals surface area contributed by atoms with Gasteiger partial charge in [-0.25, -0.2) is 9.97 Å². The van der Waals surface area contributed by atoms with E-state index >= 15 is 0 Å². The maximum absolute atomic E-state index is 13.2. The molecule has 0 saturated carbocycles. The molecule has 1 amide bonds. The lowest BCUT2D eigenvalue weighted by Crippen LogP contribution is -2.11. The first-order chi connectivity index (χ1) is 17.5. The zero-order chi connectivity index (χ0) is 24.8. The Morgan fingerprint density at radius 2 is 1.89 bits per heavy atom. The summed E-state index contributed by atoms with van der Waals surface area (Å²) in [5, 5.41) is 17.6. The van der Waals surface area contributed by atoms with Crippen LogP contribution in [0.1, 0.15) is 15.2 Å². The average Bonchev–Trinajstić information content (AvgIpc) is 3.64. The fourth-order valence-corrected chi connectivity index (χ4v) is 5.81. The van der Waals surface area contributed by atoms with E-state index in [0.29, 0.717) is 26.7 Å². The fourth-order valence-electron chi connectivity index (χ4n) is 4.09. The van der Waals surface area contributed by atoms with E-state index < -0.39 is 5.91 Å². The molecule has 0 unspecified atom stereocenters.